The molecule has 12 heteroatoms. The third kappa shape index (κ3) is 5.04. The lowest BCUT2D eigenvalue weighted by molar-refractivity contribution is 0.0729. The first-order valence-corrected chi connectivity index (χ1v) is 13.1. The van der Waals surface area contributed by atoms with Crippen molar-refractivity contribution in [1.82, 2.24) is 13.1 Å². The summed E-state index contributed by atoms with van der Waals surface area (Å²) in [4.78, 5) is -0.171. The predicted octanol–water partition coefficient (Wildman–Crippen LogP) is 4.11. The number of morpholine rings is 1. The normalized spacial score (nSPS) is 16.4. The standard InChI is InChI=1S/C22H29N5O5S2/c1-14-8-9-16(32-14)19(22(2,3)4)24-21-20(25-33-26-21)23-15-6-5-7-17(18(15)28)34(29,30)27-10-12-31-13-11-27/h5-9,19,28H,10-13H2,1-4H3,(H,23,25)(H,24,26)/t19-/m0/s1. The molecule has 3 heterocycles. The second-order valence-electron chi connectivity index (χ2n) is 9.15. The summed E-state index contributed by atoms with van der Waals surface area (Å²) in [5.74, 6) is 2.05. The highest BCUT2D eigenvalue weighted by molar-refractivity contribution is 7.89. The number of anilines is 3. The molecular formula is C22H29N5O5S2. The summed E-state index contributed by atoms with van der Waals surface area (Å²) in [5, 5.41) is 17.3. The minimum atomic E-state index is -3.87. The maximum atomic E-state index is 13.1. The fraction of sp³-hybridized carbons (Fsp3) is 0.455. The lowest BCUT2D eigenvalue weighted by Crippen LogP contribution is -2.40. The summed E-state index contributed by atoms with van der Waals surface area (Å²) in [7, 11) is -3.87. The third-order valence-corrected chi connectivity index (χ3v) is 7.98. The first-order valence-electron chi connectivity index (χ1n) is 10.9. The maximum absolute atomic E-state index is 13.1. The average molecular weight is 508 g/mol. The van der Waals surface area contributed by atoms with Crippen LogP contribution >= 0.6 is 11.7 Å². The summed E-state index contributed by atoms with van der Waals surface area (Å²) >= 11 is 0.999. The summed E-state index contributed by atoms with van der Waals surface area (Å²) in [5.41, 5.74) is 0.00525. The minimum Gasteiger partial charge on any atom is -0.504 e. The highest BCUT2D eigenvalue weighted by Crippen LogP contribution is 2.40. The zero-order valence-electron chi connectivity index (χ0n) is 19.5. The molecule has 34 heavy (non-hydrogen) atoms. The molecule has 1 atom stereocenters. The SMILES string of the molecule is Cc1ccc([C@H](Nc2nsnc2Nc2cccc(S(=O)(=O)N3CCOCC3)c2O)C(C)(C)C)o1. The van der Waals surface area contributed by atoms with E-state index in [-0.39, 0.29) is 40.9 Å². The van der Waals surface area contributed by atoms with E-state index in [1.165, 1.54) is 10.4 Å². The number of rotatable bonds is 7. The van der Waals surface area contributed by atoms with Crippen molar-refractivity contribution < 1.29 is 22.7 Å². The number of aryl methyl sites for hydroxylation is 1. The van der Waals surface area contributed by atoms with E-state index in [0.29, 0.717) is 24.8 Å². The molecule has 1 aromatic carbocycles. The van der Waals surface area contributed by atoms with Crippen LogP contribution in [0.1, 0.15) is 38.3 Å². The van der Waals surface area contributed by atoms with E-state index in [0.717, 1.165) is 23.2 Å². The molecule has 10 nitrogen and oxygen atoms in total. The summed E-state index contributed by atoms with van der Waals surface area (Å²) in [6.45, 7) is 9.27. The molecule has 0 bridgehead atoms. The van der Waals surface area contributed by atoms with Gasteiger partial charge in [-0.25, -0.2) is 8.42 Å². The van der Waals surface area contributed by atoms with Crippen molar-refractivity contribution in [3.63, 3.8) is 0 Å². The number of aromatic nitrogens is 2. The fourth-order valence-corrected chi connectivity index (χ4v) is 5.70. The Kier molecular flexibility index (Phi) is 6.85. The van der Waals surface area contributed by atoms with Gasteiger partial charge in [0.2, 0.25) is 10.0 Å². The summed E-state index contributed by atoms with van der Waals surface area (Å²) in [6.07, 6.45) is 0. The largest absolute Gasteiger partial charge is 0.504 e. The Bertz CT molecular complexity index is 1240. The Morgan fingerprint density at radius 2 is 1.82 bits per heavy atom. The Hall–Kier alpha value is -2.67. The predicted molar refractivity (Wildman–Crippen MR) is 130 cm³/mol. The molecule has 0 aliphatic carbocycles. The van der Waals surface area contributed by atoms with E-state index in [1.807, 2.05) is 19.1 Å². The fourth-order valence-electron chi connectivity index (χ4n) is 3.71. The molecule has 0 saturated carbocycles. The molecule has 3 aromatic rings. The molecule has 0 radical (unpaired) electrons. The Labute approximate surface area is 203 Å². The lowest BCUT2D eigenvalue weighted by atomic mass is 9.85. The minimum absolute atomic E-state index is 0.171. The van der Waals surface area contributed by atoms with Gasteiger partial charge in [0.25, 0.3) is 0 Å². The Morgan fingerprint density at radius 3 is 2.47 bits per heavy atom. The van der Waals surface area contributed by atoms with E-state index in [2.05, 4.69) is 40.2 Å². The number of sulfonamides is 1. The second kappa shape index (κ2) is 9.53. The van der Waals surface area contributed by atoms with Crippen molar-refractivity contribution in [2.24, 2.45) is 5.41 Å². The van der Waals surface area contributed by atoms with Crippen molar-refractivity contribution in [2.45, 2.75) is 38.6 Å². The lowest BCUT2D eigenvalue weighted by Gasteiger charge is -2.30. The van der Waals surface area contributed by atoms with Gasteiger partial charge < -0.3 is 24.9 Å². The van der Waals surface area contributed by atoms with Gasteiger partial charge in [-0.3, -0.25) is 0 Å². The zero-order valence-corrected chi connectivity index (χ0v) is 21.2. The van der Waals surface area contributed by atoms with E-state index in [1.54, 1.807) is 12.1 Å². The van der Waals surface area contributed by atoms with Crippen molar-refractivity contribution in [2.75, 3.05) is 36.9 Å². The summed E-state index contributed by atoms with van der Waals surface area (Å²) in [6, 6.07) is 8.19. The molecule has 2 aromatic heterocycles. The third-order valence-electron chi connectivity index (χ3n) is 5.52. The Balaban J connectivity index is 1.61. The highest BCUT2D eigenvalue weighted by Gasteiger charge is 2.32. The van der Waals surface area contributed by atoms with Crippen molar-refractivity contribution in [3.05, 3.63) is 41.9 Å². The van der Waals surface area contributed by atoms with Gasteiger partial charge in [0.1, 0.15) is 16.4 Å². The monoisotopic (exact) mass is 507 g/mol. The number of phenols is 1. The van der Waals surface area contributed by atoms with Crippen LogP contribution in [-0.4, -0.2) is 52.9 Å². The molecule has 1 aliphatic rings. The molecule has 0 unspecified atom stereocenters. The number of ether oxygens (including phenoxy) is 1. The number of hydrogen-bond donors (Lipinski definition) is 3. The smallest absolute Gasteiger partial charge is 0.246 e. The van der Waals surface area contributed by atoms with Gasteiger partial charge in [-0.15, -0.1) is 0 Å². The van der Waals surface area contributed by atoms with Crippen molar-refractivity contribution in [1.29, 1.82) is 0 Å². The van der Waals surface area contributed by atoms with E-state index in [9.17, 15) is 13.5 Å². The van der Waals surface area contributed by atoms with E-state index >= 15 is 0 Å². The van der Waals surface area contributed by atoms with Crippen LogP contribution in [0.5, 0.6) is 5.75 Å². The molecule has 3 N–H and O–H groups in total. The average Bonchev–Trinajstić information content (AvgIpc) is 3.41. The van der Waals surface area contributed by atoms with Gasteiger partial charge in [0.15, 0.2) is 17.4 Å². The van der Waals surface area contributed by atoms with Gasteiger partial charge in [0.05, 0.1) is 36.7 Å². The van der Waals surface area contributed by atoms with Gasteiger partial charge >= 0.3 is 0 Å². The van der Waals surface area contributed by atoms with Crippen LogP contribution in [0.15, 0.2) is 39.6 Å². The number of para-hydroxylation sites is 1. The first-order chi connectivity index (χ1) is 16.1. The number of aromatic hydroxyl groups is 1. The molecule has 1 saturated heterocycles. The molecule has 184 valence electrons. The molecule has 1 aliphatic heterocycles. The number of nitrogens with zero attached hydrogens (tertiary/aromatic N) is 3. The van der Waals surface area contributed by atoms with Crippen LogP contribution in [-0.2, 0) is 14.8 Å². The number of phenolic OH excluding ortho intramolecular Hbond substituents is 1. The second-order valence-corrected chi connectivity index (χ2v) is 11.6. The van der Waals surface area contributed by atoms with E-state index in [4.69, 9.17) is 9.15 Å². The molecule has 4 rings (SSSR count). The molecule has 1 fully saturated rings. The maximum Gasteiger partial charge on any atom is 0.246 e. The first kappa shape index (κ1) is 24.5. The van der Waals surface area contributed by atoms with Gasteiger partial charge in [-0.1, -0.05) is 26.8 Å². The molecular weight excluding hydrogens is 478 g/mol. The van der Waals surface area contributed by atoms with Crippen LogP contribution in [0.2, 0.25) is 0 Å². The van der Waals surface area contributed by atoms with Gasteiger partial charge in [0, 0.05) is 13.1 Å². The van der Waals surface area contributed by atoms with Crippen LogP contribution in [0, 0.1) is 12.3 Å². The van der Waals surface area contributed by atoms with Crippen LogP contribution in [0.4, 0.5) is 17.3 Å². The van der Waals surface area contributed by atoms with Crippen LogP contribution in [0.3, 0.4) is 0 Å². The quantitative estimate of drug-likeness (QED) is 0.404. The summed E-state index contributed by atoms with van der Waals surface area (Å²) < 4.78 is 47.2. The Morgan fingerprint density at radius 1 is 1.12 bits per heavy atom. The van der Waals surface area contributed by atoms with Gasteiger partial charge in [-0.05, 0) is 36.6 Å². The molecule has 0 amide bonds. The van der Waals surface area contributed by atoms with Crippen molar-refractivity contribution in [3.8, 4) is 5.75 Å². The van der Waals surface area contributed by atoms with Crippen LogP contribution in [0.25, 0.3) is 0 Å². The molecule has 0 spiro atoms. The number of furan rings is 1. The highest BCUT2D eigenvalue weighted by atomic mass is 32.2. The van der Waals surface area contributed by atoms with Gasteiger partial charge in [-0.2, -0.15) is 13.1 Å². The number of nitrogens with one attached hydrogen (secondary N) is 2. The van der Waals surface area contributed by atoms with Crippen molar-refractivity contribution >= 4 is 39.1 Å². The van der Waals surface area contributed by atoms with Crippen LogP contribution < -0.4 is 10.6 Å². The van der Waals surface area contributed by atoms with E-state index < -0.39 is 10.0 Å². The number of hydrogen-bond acceptors (Lipinski definition) is 10. The zero-order chi connectivity index (χ0) is 24.5. The number of benzene rings is 1. The topological polar surface area (TPSA) is 130 Å².